The summed E-state index contributed by atoms with van der Waals surface area (Å²) in [6.07, 6.45) is 0. The van der Waals surface area contributed by atoms with E-state index < -0.39 is 36.3 Å². The van der Waals surface area contributed by atoms with Gasteiger partial charge in [-0.15, -0.1) is 3.71 Å². The summed E-state index contributed by atoms with van der Waals surface area (Å²) >= 11 is 0. The molecule has 3 rings (SSSR count). The number of benzene rings is 3. The number of ether oxygens (including phenoxy) is 1. The molecule has 0 heterocycles. The second-order valence-electron chi connectivity index (χ2n) is 5.95. The van der Waals surface area contributed by atoms with E-state index in [1.807, 2.05) is 0 Å². The largest absolute Gasteiger partial charge is 0.496 e. The van der Waals surface area contributed by atoms with Crippen molar-refractivity contribution in [2.75, 3.05) is 10.8 Å². The molecule has 156 valence electrons. The number of rotatable bonds is 7. The maximum Gasteiger partial charge on any atom is 0.298 e. The van der Waals surface area contributed by atoms with Crippen LogP contribution in [0.25, 0.3) is 0 Å². The van der Waals surface area contributed by atoms with Gasteiger partial charge in [0.15, 0.2) is 0 Å². The van der Waals surface area contributed by atoms with Gasteiger partial charge in [-0.1, -0.05) is 36.4 Å². The molecule has 0 aromatic heterocycles. The van der Waals surface area contributed by atoms with Crippen LogP contribution < -0.4 is 8.45 Å². The first-order chi connectivity index (χ1) is 14.2. The standard InChI is InChI=1S/C19H16N2O7S2/c1-28-15-12-13-18(19(14-15)20(22)23)21(29(24,25)16-8-4-2-5-9-16)30(26,27)17-10-6-3-7-11-17/h2-14H,1H3. The lowest BCUT2D eigenvalue weighted by atomic mass is 10.2. The molecule has 0 atom stereocenters. The molecule has 0 bridgehead atoms. The highest BCUT2D eigenvalue weighted by Gasteiger charge is 2.40. The van der Waals surface area contributed by atoms with E-state index in [4.69, 9.17) is 4.74 Å². The Hall–Kier alpha value is -3.44. The minimum Gasteiger partial charge on any atom is -0.496 e. The summed E-state index contributed by atoms with van der Waals surface area (Å²) in [5.41, 5.74) is -1.37. The number of nitro benzene ring substituents is 1. The number of sulfonamides is 2. The van der Waals surface area contributed by atoms with Crippen molar-refractivity contribution < 1.29 is 26.5 Å². The Morgan fingerprint density at radius 2 is 1.27 bits per heavy atom. The number of anilines is 1. The van der Waals surface area contributed by atoms with Crippen LogP contribution in [0.3, 0.4) is 0 Å². The normalized spacial score (nSPS) is 11.6. The fourth-order valence-electron chi connectivity index (χ4n) is 2.70. The molecule has 0 spiro atoms. The number of methoxy groups -OCH3 is 1. The third-order valence-electron chi connectivity index (χ3n) is 4.09. The SMILES string of the molecule is COc1ccc(N(S(=O)(=O)c2ccccc2)S(=O)(=O)c2ccccc2)c([N+](=O)[O-])c1. The molecular weight excluding hydrogens is 432 g/mol. The molecule has 0 aliphatic rings. The second kappa shape index (κ2) is 8.13. The van der Waals surface area contributed by atoms with Gasteiger partial charge < -0.3 is 4.74 Å². The van der Waals surface area contributed by atoms with Gasteiger partial charge in [-0.05, 0) is 36.4 Å². The average molecular weight is 448 g/mol. The van der Waals surface area contributed by atoms with Crippen molar-refractivity contribution in [2.45, 2.75) is 9.79 Å². The van der Waals surface area contributed by atoms with E-state index in [0.29, 0.717) is 0 Å². The quantitative estimate of drug-likeness (QED) is 0.401. The Balaban J connectivity index is 2.37. The summed E-state index contributed by atoms with van der Waals surface area (Å²) in [6.45, 7) is 0. The van der Waals surface area contributed by atoms with Gasteiger partial charge >= 0.3 is 0 Å². The predicted molar refractivity (Wildman–Crippen MR) is 109 cm³/mol. The maximum atomic E-state index is 13.4. The summed E-state index contributed by atoms with van der Waals surface area (Å²) < 4.78 is 58.5. The fraction of sp³-hybridized carbons (Fsp3) is 0.0526. The molecule has 11 heteroatoms. The summed E-state index contributed by atoms with van der Waals surface area (Å²) in [7, 11) is -8.20. The van der Waals surface area contributed by atoms with Crippen LogP contribution in [0.1, 0.15) is 0 Å². The predicted octanol–water partition coefficient (Wildman–Crippen LogP) is 3.19. The third-order valence-corrected chi connectivity index (χ3v) is 8.27. The lowest BCUT2D eigenvalue weighted by molar-refractivity contribution is -0.384. The van der Waals surface area contributed by atoms with Gasteiger partial charge in [0.1, 0.15) is 11.4 Å². The van der Waals surface area contributed by atoms with E-state index in [2.05, 4.69) is 0 Å². The number of nitro groups is 1. The van der Waals surface area contributed by atoms with E-state index in [0.717, 1.165) is 12.1 Å². The van der Waals surface area contributed by atoms with Crippen molar-refractivity contribution in [3.8, 4) is 5.75 Å². The molecule has 0 fully saturated rings. The molecule has 0 radical (unpaired) electrons. The van der Waals surface area contributed by atoms with Crippen molar-refractivity contribution in [3.63, 3.8) is 0 Å². The molecule has 0 saturated heterocycles. The molecule has 30 heavy (non-hydrogen) atoms. The van der Waals surface area contributed by atoms with Gasteiger partial charge in [0.05, 0.1) is 27.9 Å². The Labute approximate surface area is 173 Å². The first kappa shape index (κ1) is 21.3. The van der Waals surface area contributed by atoms with Crippen molar-refractivity contribution in [1.82, 2.24) is 0 Å². The Morgan fingerprint density at radius 1 is 0.800 bits per heavy atom. The molecule has 0 aliphatic carbocycles. The number of nitrogens with zero attached hydrogens (tertiary/aromatic N) is 2. The van der Waals surface area contributed by atoms with Crippen LogP contribution >= 0.6 is 0 Å². The van der Waals surface area contributed by atoms with Crippen LogP contribution in [0.2, 0.25) is 0 Å². The zero-order valence-corrected chi connectivity index (χ0v) is 17.2. The summed E-state index contributed by atoms with van der Waals surface area (Å²) in [6, 6.07) is 16.9. The minimum absolute atomic E-state index is 0.0691. The van der Waals surface area contributed by atoms with Gasteiger partial charge in [0.2, 0.25) is 0 Å². The average Bonchev–Trinajstić information content (AvgIpc) is 2.75. The van der Waals surface area contributed by atoms with Crippen LogP contribution in [0.15, 0.2) is 88.7 Å². The van der Waals surface area contributed by atoms with Crippen molar-refractivity contribution in [1.29, 1.82) is 0 Å². The lowest BCUT2D eigenvalue weighted by Crippen LogP contribution is -2.37. The minimum atomic E-state index is -4.74. The summed E-state index contributed by atoms with van der Waals surface area (Å²) in [5.74, 6) is 0.0691. The highest BCUT2D eigenvalue weighted by atomic mass is 32.3. The summed E-state index contributed by atoms with van der Waals surface area (Å²) in [5, 5.41) is 11.7. The molecule has 3 aromatic carbocycles. The van der Waals surface area contributed by atoms with E-state index in [9.17, 15) is 26.9 Å². The Bertz CT molecular complexity index is 1210. The summed E-state index contributed by atoms with van der Waals surface area (Å²) in [4.78, 5) is 10.1. The van der Waals surface area contributed by atoms with Crippen LogP contribution in [0.4, 0.5) is 11.4 Å². The first-order valence-corrected chi connectivity index (χ1v) is 11.3. The zero-order valence-electron chi connectivity index (χ0n) is 15.6. The maximum absolute atomic E-state index is 13.4. The van der Waals surface area contributed by atoms with Gasteiger partial charge in [-0.3, -0.25) is 10.1 Å². The van der Waals surface area contributed by atoms with Crippen LogP contribution in [-0.4, -0.2) is 28.9 Å². The molecular formula is C19H16N2O7S2. The molecule has 0 unspecified atom stereocenters. The van der Waals surface area contributed by atoms with E-state index in [1.165, 1.54) is 61.7 Å². The number of hydrogen-bond donors (Lipinski definition) is 0. The fourth-order valence-corrected chi connectivity index (χ4v) is 6.46. The highest BCUT2D eigenvalue weighted by Crippen LogP contribution is 2.38. The lowest BCUT2D eigenvalue weighted by Gasteiger charge is -2.24. The van der Waals surface area contributed by atoms with Gasteiger partial charge in [-0.2, -0.15) is 0 Å². The van der Waals surface area contributed by atoms with Crippen LogP contribution in [0, 0.1) is 10.1 Å². The number of hydrogen-bond acceptors (Lipinski definition) is 7. The van der Waals surface area contributed by atoms with E-state index >= 15 is 0 Å². The molecule has 0 saturated carbocycles. The van der Waals surface area contributed by atoms with Gasteiger partial charge in [0.25, 0.3) is 25.7 Å². The van der Waals surface area contributed by atoms with E-state index in [-0.39, 0.29) is 19.3 Å². The Kier molecular flexibility index (Phi) is 5.76. The van der Waals surface area contributed by atoms with Crippen molar-refractivity contribution in [3.05, 3.63) is 89.0 Å². The smallest absolute Gasteiger partial charge is 0.298 e. The van der Waals surface area contributed by atoms with Crippen molar-refractivity contribution in [2.24, 2.45) is 0 Å². The molecule has 0 N–H and O–H groups in total. The molecule has 0 amide bonds. The Morgan fingerprint density at radius 3 is 1.67 bits per heavy atom. The second-order valence-corrected chi connectivity index (χ2v) is 9.75. The molecule has 3 aromatic rings. The van der Waals surface area contributed by atoms with E-state index in [1.54, 1.807) is 12.1 Å². The topological polar surface area (TPSA) is 124 Å². The first-order valence-electron chi connectivity index (χ1n) is 8.42. The molecule has 9 nitrogen and oxygen atoms in total. The van der Waals surface area contributed by atoms with Crippen molar-refractivity contribution >= 4 is 31.4 Å². The third kappa shape index (κ3) is 3.84. The van der Waals surface area contributed by atoms with Crippen LogP contribution in [0.5, 0.6) is 5.75 Å². The van der Waals surface area contributed by atoms with Crippen LogP contribution in [-0.2, 0) is 20.0 Å². The zero-order chi connectivity index (χ0) is 21.9. The highest BCUT2D eigenvalue weighted by molar-refractivity contribution is 8.10. The van der Waals surface area contributed by atoms with Gasteiger partial charge in [-0.25, -0.2) is 16.8 Å². The monoisotopic (exact) mass is 448 g/mol. The van der Waals surface area contributed by atoms with Gasteiger partial charge in [0, 0.05) is 0 Å². The molecule has 0 aliphatic heterocycles.